The van der Waals surface area contributed by atoms with Gasteiger partial charge in [-0.2, -0.15) is 0 Å². The molecule has 0 spiro atoms. The summed E-state index contributed by atoms with van der Waals surface area (Å²) in [5.74, 6) is 0.0208. The molecule has 1 aliphatic carbocycles. The lowest BCUT2D eigenvalue weighted by molar-refractivity contribution is -0.128. The van der Waals surface area contributed by atoms with Crippen LogP contribution in [0.15, 0.2) is 41.8 Å². The minimum atomic E-state index is -0.510. The van der Waals surface area contributed by atoms with E-state index in [1.807, 2.05) is 29.7 Å². The van der Waals surface area contributed by atoms with Gasteiger partial charge in [0.25, 0.3) is 0 Å². The van der Waals surface area contributed by atoms with E-state index in [-0.39, 0.29) is 11.8 Å². The van der Waals surface area contributed by atoms with E-state index in [2.05, 4.69) is 22.8 Å². The monoisotopic (exact) mass is 304 g/mol. The Balaban J connectivity index is 1.88. The molecule has 4 nitrogen and oxygen atoms in total. The molecule has 112 valence electrons. The Morgan fingerprint density at radius 2 is 2.29 bits per heavy atom. The second kappa shape index (κ2) is 7.78. The summed E-state index contributed by atoms with van der Waals surface area (Å²) in [6, 6.07) is 3.41. The van der Waals surface area contributed by atoms with Crippen molar-refractivity contribution in [1.82, 2.24) is 10.6 Å². The van der Waals surface area contributed by atoms with Crippen molar-refractivity contribution in [3.8, 4) is 0 Å². The lowest BCUT2D eigenvalue weighted by Crippen LogP contribution is -2.48. The van der Waals surface area contributed by atoms with Crippen LogP contribution in [0.5, 0.6) is 0 Å². The average molecular weight is 304 g/mol. The molecular weight excluding hydrogens is 284 g/mol. The second-order valence-electron chi connectivity index (χ2n) is 5.09. The SMILES string of the molecule is CC(=O)N[C@@H](Cc1cccs1)C(=O)NCC1C=CC=CC1. The zero-order valence-electron chi connectivity index (χ0n) is 12.0. The van der Waals surface area contributed by atoms with Gasteiger partial charge in [0.1, 0.15) is 6.04 Å². The van der Waals surface area contributed by atoms with E-state index in [1.165, 1.54) is 6.92 Å². The van der Waals surface area contributed by atoms with Crippen LogP contribution in [-0.2, 0) is 16.0 Å². The summed E-state index contributed by atoms with van der Waals surface area (Å²) < 4.78 is 0. The fourth-order valence-electron chi connectivity index (χ4n) is 2.22. The Morgan fingerprint density at radius 1 is 1.43 bits per heavy atom. The van der Waals surface area contributed by atoms with Crippen molar-refractivity contribution < 1.29 is 9.59 Å². The normalized spacial score (nSPS) is 18.2. The summed E-state index contributed by atoms with van der Waals surface area (Å²) in [6.45, 7) is 2.03. The molecule has 1 aromatic heterocycles. The van der Waals surface area contributed by atoms with Gasteiger partial charge in [-0.25, -0.2) is 0 Å². The number of nitrogens with one attached hydrogen (secondary N) is 2. The maximum Gasteiger partial charge on any atom is 0.242 e. The summed E-state index contributed by atoms with van der Waals surface area (Å²) in [5.41, 5.74) is 0. The van der Waals surface area contributed by atoms with Crippen molar-refractivity contribution in [3.63, 3.8) is 0 Å². The molecule has 0 aromatic carbocycles. The van der Waals surface area contributed by atoms with Gasteiger partial charge in [0.2, 0.25) is 11.8 Å². The van der Waals surface area contributed by atoms with Crippen LogP contribution < -0.4 is 10.6 Å². The maximum absolute atomic E-state index is 12.3. The molecule has 0 aliphatic heterocycles. The Morgan fingerprint density at radius 3 is 2.90 bits per heavy atom. The van der Waals surface area contributed by atoms with Gasteiger partial charge >= 0.3 is 0 Å². The molecule has 1 aromatic rings. The third kappa shape index (κ3) is 5.19. The topological polar surface area (TPSA) is 58.2 Å². The predicted molar refractivity (Wildman–Crippen MR) is 85.0 cm³/mol. The van der Waals surface area contributed by atoms with Crippen molar-refractivity contribution >= 4 is 23.2 Å². The first-order valence-electron chi connectivity index (χ1n) is 7.05. The highest BCUT2D eigenvalue weighted by molar-refractivity contribution is 7.09. The van der Waals surface area contributed by atoms with Crippen molar-refractivity contribution in [1.29, 1.82) is 0 Å². The number of thiophene rings is 1. The van der Waals surface area contributed by atoms with E-state index in [1.54, 1.807) is 11.3 Å². The van der Waals surface area contributed by atoms with Crippen molar-refractivity contribution in [2.45, 2.75) is 25.8 Å². The first kappa shape index (κ1) is 15.5. The number of rotatable bonds is 6. The predicted octanol–water partition coefficient (Wildman–Crippen LogP) is 2.04. The molecule has 1 unspecified atom stereocenters. The molecule has 0 fully saturated rings. The number of carbonyl (C=O) groups is 2. The number of hydrogen-bond donors (Lipinski definition) is 2. The average Bonchev–Trinajstić information content (AvgIpc) is 2.98. The maximum atomic E-state index is 12.3. The Bertz CT molecular complexity index is 534. The van der Waals surface area contributed by atoms with Crippen LogP contribution in [0.2, 0.25) is 0 Å². The Labute approximate surface area is 128 Å². The minimum absolute atomic E-state index is 0.124. The fraction of sp³-hybridized carbons (Fsp3) is 0.375. The van der Waals surface area contributed by atoms with Gasteiger partial charge in [-0.3, -0.25) is 9.59 Å². The largest absolute Gasteiger partial charge is 0.354 e. The Kier molecular flexibility index (Phi) is 5.75. The van der Waals surface area contributed by atoms with E-state index >= 15 is 0 Å². The molecule has 21 heavy (non-hydrogen) atoms. The zero-order chi connectivity index (χ0) is 15.1. The molecule has 0 bridgehead atoms. The van der Waals surface area contributed by atoms with Gasteiger partial charge in [0.15, 0.2) is 0 Å². The van der Waals surface area contributed by atoms with E-state index < -0.39 is 6.04 Å². The van der Waals surface area contributed by atoms with Crippen molar-refractivity contribution in [3.05, 3.63) is 46.7 Å². The van der Waals surface area contributed by atoms with Crippen LogP contribution in [0, 0.1) is 5.92 Å². The second-order valence-corrected chi connectivity index (χ2v) is 6.12. The summed E-state index contributed by atoms with van der Waals surface area (Å²) in [6.07, 6.45) is 9.66. The molecule has 1 aliphatic rings. The first-order valence-corrected chi connectivity index (χ1v) is 7.93. The highest BCUT2D eigenvalue weighted by Gasteiger charge is 2.20. The van der Waals surface area contributed by atoms with Crippen molar-refractivity contribution in [2.75, 3.05) is 6.54 Å². The van der Waals surface area contributed by atoms with Crippen molar-refractivity contribution in [2.24, 2.45) is 5.92 Å². The van der Waals surface area contributed by atoms with Gasteiger partial charge in [-0.15, -0.1) is 11.3 Å². The first-order chi connectivity index (χ1) is 10.1. The van der Waals surface area contributed by atoms with E-state index in [9.17, 15) is 9.59 Å². The molecule has 0 radical (unpaired) electrons. The third-order valence-electron chi connectivity index (χ3n) is 3.29. The summed E-state index contributed by atoms with van der Waals surface area (Å²) in [7, 11) is 0. The molecule has 2 rings (SSSR count). The van der Waals surface area contributed by atoms with Crippen LogP contribution in [0.1, 0.15) is 18.2 Å². The molecule has 0 saturated carbocycles. The summed E-state index contributed by atoms with van der Waals surface area (Å²) in [5, 5.41) is 7.63. The lowest BCUT2D eigenvalue weighted by atomic mass is 10.0. The van der Waals surface area contributed by atoms with Crippen LogP contribution in [0.4, 0.5) is 0 Å². The molecule has 2 N–H and O–H groups in total. The van der Waals surface area contributed by atoms with E-state index in [0.29, 0.717) is 18.9 Å². The zero-order valence-corrected chi connectivity index (χ0v) is 12.9. The van der Waals surface area contributed by atoms with Gasteiger partial charge in [0, 0.05) is 24.8 Å². The van der Waals surface area contributed by atoms with Gasteiger partial charge in [0.05, 0.1) is 0 Å². The van der Waals surface area contributed by atoms with Crippen LogP contribution in [0.25, 0.3) is 0 Å². The van der Waals surface area contributed by atoms with Gasteiger partial charge in [-0.05, 0) is 23.8 Å². The Hall–Kier alpha value is -1.88. The number of carbonyl (C=O) groups excluding carboxylic acids is 2. The van der Waals surface area contributed by atoms with E-state index in [4.69, 9.17) is 0 Å². The van der Waals surface area contributed by atoms with Gasteiger partial charge < -0.3 is 10.6 Å². The molecule has 5 heteroatoms. The molecule has 2 amide bonds. The third-order valence-corrected chi connectivity index (χ3v) is 4.19. The number of allylic oxidation sites excluding steroid dienone is 3. The quantitative estimate of drug-likeness (QED) is 0.845. The molecular formula is C16H20N2O2S. The molecule has 2 atom stereocenters. The highest BCUT2D eigenvalue weighted by atomic mass is 32.1. The molecule has 0 saturated heterocycles. The summed E-state index contributed by atoms with van der Waals surface area (Å²) >= 11 is 1.59. The standard InChI is InChI=1S/C16H20N2O2S/c1-12(19)18-15(10-14-8-5-9-21-14)16(20)17-11-13-6-3-2-4-7-13/h2-6,8-9,13,15H,7,10-11H2,1H3,(H,17,20)(H,18,19)/t13?,15-/m0/s1. The fourth-order valence-corrected chi connectivity index (χ4v) is 2.97. The number of hydrogen-bond acceptors (Lipinski definition) is 3. The minimum Gasteiger partial charge on any atom is -0.354 e. The van der Waals surface area contributed by atoms with Crippen LogP contribution >= 0.6 is 11.3 Å². The summed E-state index contributed by atoms with van der Waals surface area (Å²) in [4.78, 5) is 24.7. The smallest absolute Gasteiger partial charge is 0.242 e. The van der Waals surface area contributed by atoms with E-state index in [0.717, 1.165) is 11.3 Å². The highest BCUT2D eigenvalue weighted by Crippen LogP contribution is 2.12. The van der Waals surface area contributed by atoms with Crippen LogP contribution in [0.3, 0.4) is 0 Å². The molecule has 1 heterocycles. The van der Waals surface area contributed by atoms with Crippen LogP contribution in [-0.4, -0.2) is 24.4 Å². The van der Waals surface area contributed by atoms with Gasteiger partial charge in [-0.1, -0.05) is 30.4 Å². The number of amides is 2. The lowest BCUT2D eigenvalue weighted by Gasteiger charge is -2.19.